The Hall–Kier alpha value is 0.160. The van der Waals surface area contributed by atoms with Gasteiger partial charge in [-0.25, -0.2) is 0 Å². The second-order valence-corrected chi connectivity index (χ2v) is 6.15. The number of carbonyl (C=O) groups is 1. The Morgan fingerprint density at radius 2 is 2.00 bits per heavy atom. The number of hydrogen-bond acceptors (Lipinski definition) is 2. The van der Waals surface area contributed by atoms with Crippen LogP contribution in [-0.2, 0) is 9.53 Å². The van der Waals surface area contributed by atoms with Crippen LogP contribution in [0.2, 0.25) is 0 Å². The summed E-state index contributed by atoms with van der Waals surface area (Å²) in [5, 5.41) is 3.02. The lowest BCUT2D eigenvalue weighted by Crippen LogP contribution is -2.36. The van der Waals surface area contributed by atoms with Crippen molar-refractivity contribution in [2.75, 3.05) is 17.6 Å². The molecule has 1 fully saturated rings. The van der Waals surface area contributed by atoms with Crippen molar-refractivity contribution in [3.05, 3.63) is 0 Å². The lowest BCUT2D eigenvalue weighted by molar-refractivity contribution is -0.124. The number of nitrogens with one attached hydrogen (secondary N) is 1. The largest absolute Gasteiger partial charge is 0.378 e. The molecule has 0 radical (unpaired) electrons. The molecule has 0 aromatic rings. The van der Waals surface area contributed by atoms with Gasteiger partial charge in [-0.2, -0.15) is 0 Å². The fourth-order valence-corrected chi connectivity index (χ4v) is 2.89. The standard InChI is InChI=1S/C14H26INO2/c1-2-18-13-9-12(10-13)11-14(17)16-8-6-4-3-5-7-15/h12-13H,2-11H2,1H3,(H,16,17). The molecule has 1 aliphatic rings. The highest BCUT2D eigenvalue weighted by atomic mass is 127. The number of unbranched alkanes of at least 4 members (excludes halogenated alkanes) is 3. The van der Waals surface area contributed by atoms with E-state index in [1.807, 2.05) is 6.92 Å². The van der Waals surface area contributed by atoms with Crippen LogP contribution in [0.1, 0.15) is 51.9 Å². The van der Waals surface area contributed by atoms with Gasteiger partial charge in [0.25, 0.3) is 0 Å². The maximum Gasteiger partial charge on any atom is 0.220 e. The second kappa shape index (κ2) is 10.0. The summed E-state index contributed by atoms with van der Waals surface area (Å²) in [6, 6.07) is 0. The molecule has 0 bridgehead atoms. The maximum absolute atomic E-state index is 11.6. The molecule has 0 atom stereocenters. The first kappa shape index (κ1) is 16.2. The zero-order valence-electron chi connectivity index (χ0n) is 11.4. The highest BCUT2D eigenvalue weighted by Gasteiger charge is 2.30. The van der Waals surface area contributed by atoms with E-state index in [1.165, 1.54) is 23.7 Å². The molecule has 0 spiro atoms. The Labute approximate surface area is 125 Å². The number of halogens is 1. The molecular weight excluding hydrogens is 341 g/mol. The molecule has 3 nitrogen and oxygen atoms in total. The Kier molecular flexibility index (Phi) is 9.02. The Morgan fingerprint density at radius 1 is 1.28 bits per heavy atom. The topological polar surface area (TPSA) is 38.3 Å². The predicted octanol–water partition coefficient (Wildman–Crippen LogP) is 3.30. The minimum Gasteiger partial charge on any atom is -0.378 e. The summed E-state index contributed by atoms with van der Waals surface area (Å²) in [6.07, 6.45) is 8.19. The summed E-state index contributed by atoms with van der Waals surface area (Å²) >= 11 is 2.41. The highest BCUT2D eigenvalue weighted by molar-refractivity contribution is 14.1. The highest BCUT2D eigenvalue weighted by Crippen LogP contribution is 2.32. The van der Waals surface area contributed by atoms with Gasteiger partial charge < -0.3 is 10.1 Å². The van der Waals surface area contributed by atoms with E-state index in [9.17, 15) is 4.79 Å². The summed E-state index contributed by atoms with van der Waals surface area (Å²) < 4.78 is 6.74. The van der Waals surface area contributed by atoms with E-state index in [0.29, 0.717) is 18.4 Å². The number of ether oxygens (including phenoxy) is 1. The molecule has 1 N–H and O–H groups in total. The first-order chi connectivity index (χ1) is 8.76. The van der Waals surface area contributed by atoms with Gasteiger partial charge in [-0.05, 0) is 43.0 Å². The molecule has 106 valence electrons. The summed E-state index contributed by atoms with van der Waals surface area (Å²) in [5.74, 6) is 0.782. The lowest BCUT2D eigenvalue weighted by atomic mass is 9.80. The average Bonchev–Trinajstić information content (AvgIpc) is 2.31. The van der Waals surface area contributed by atoms with Gasteiger partial charge in [0, 0.05) is 19.6 Å². The molecule has 1 rings (SSSR count). The van der Waals surface area contributed by atoms with Crippen molar-refractivity contribution >= 4 is 28.5 Å². The Bertz CT molecular complexity index is 230. The van der Waals surface area contributed by atoms with Crippen molar-refractivity contribution in [2.24, 2.45) is 5.92 Å². The first-order valence-electron chi connectivity index (χ1n) is 7.20. The van der Waals surface area contributed by atoms with E-state index in [4.69, 9.17) is 4.74 Å². The minimum absolute atomic E-state index is 0.226. The van der Waals surface area contributed by atoms with Crippen molar-refractivity contribution in [3.63, 3.8) is 0 Å². The van der Waals surface area contributed by atoms with E-state index >= 15 is 0 Å². The van der Waals surface area contributed by atoms with Gasteiger partial charge in [0.2, 0.25) is 5.91 Å². The SMILES string of the molecule is CCOC1CC(CC(=O)NCCCCCCI)C1. The molecule has 0 aliphatic heterocycles. The van der Waals surface area contributed by atoms with Gasteiger partial charge in [0.15, 0.2) is 0 Å². The molecule has 18 heavy (non-hydrogen) atoms. The Morgan fingerprint density at radius 3 is 2.67 bits per heavy atom. The smallest absolute Gasteiger partial charge is 0.220 e. The van der Waals surface area contributed by atoms with Crippen molar-refractivity contribution in [1.29, 1.82) is 0 Å². The summed E-state index contributed by atoms with van der Waals surface area (Å²) in [4.78, 5) is 11.6. The van der Waals surface area contributed by atoms with Crippen LogP contribution in [0.4, 0.5) is 0 Å². The van der Waals surface area contributed by atoms with Crippen LogP contribution in [0.15, 0.2) is 0 Å². The zero-order chi connectivity index (χ0) is 13.2. The van der Waals surface area contributed by atoms with Gasteiger partial charge in [-0.3, -0.25) is 4.79 Å². The summed E-state index contributed by atoms with van der Waals surface area (Å²) in [6.45, 7) is 3.67. The van der Waals surface area contributed by atoms with Crippen LogP contribution in [0.25, 0.3) is 0 Å². The number of hydrogen-bond donors (Lipinski definition) is 1. The van der Waals surface area contributed by atoms with E-state index < -0.39 is 0 Å². The average molecular weight is 367 g/mol. The maximum atomic E-state index is 11.6. The van der Waals surface area contributed by atoms with E-state index in [0.717, 1.165) is 32.4 Å². The second-order valence-electron chi connectivity index (χ2n) is 5.07. The third-order valence-electron chi connectivity index (χ3n) is 3.45. The van der Waals surface area contributed by atoms with Gasteiger partial charge >= 0.3 is 0 Å². The monoisotopic (exact) mass is 367 g/mol. The molecule has 1 saturated carbocycles. The fourth-order valence-electron chi connectivity index (χ4n) is 2.35. The molecule has 4 heteroatoms. The van der Waals surface area contributed by atoms with Gasteiger partial charge in [0.1, 0.15) is 0 Å². The molecular formula is C14H26INO2. The van der Waals surface area contributed by atoms with Crippen LogP contribution >= 0.6 is 22.6 Å². The van der Waals surface area contributed by atoms with E-state index in [2.05, 4.69) is 27.9 Å². The molecule has 1 amide bonds. The van der Waals surface area contributed by atoms with Gasteiger partial charge in [-0.15, -0.1) is 0 Å². The van der Waals surface area contributed by atoms with Crippen LogP contribution in [-0.4, -0.2) is 29.6 Å². The fraction of sp³-hybridized carbons (Fsp3) is 0.929. The summed E-state index contributed by atoms with van der Waals surface area (Å²) in [5.41, 5.74) is 0. The molecule has 0 saturated heterocycles. The van der Waals surface area contributed by atoms with Crippen LogP contribution in [0, 0.1) is 5.92 Å². The molecule has 1 aliphatic carbocycles. The van der Waals surface area contributed by atoms with Crippen molar-refractivity contribution in [2.45, 2.75) is 58.0 Å². The normalized spacial score (nSPS) is 22.6. The zero-order valence-corrected chi connectivity index (χ0v) is 13.6. The number of carbonyl (C=O) groups excluding carboxylic acids is 1. The first-order valence-corrected chi connectivity index (χ1v) is 8.73. The quantitative estimate of drug-likeness (QED) is 0.366. The molecule has 0 aromatic carbocycles. The van der Waals surface area contributed by atoms with Gasteiger partial charge in [0.05, 0.1) is 6.10 Å². The number of amides is 1. The van der Waals surface area contributed by atoms with Crippen molar-refractivity contribution in [1.82, 2.24) is 5.32 Å². The van der Waals surface area contributed by atoms with Crippen molar-refractivity contribution < 1.29 is 9.53 Å². The third kappa shape index (κ3) is 6.92. The minimum atomic E-state index is 0.226. The predicted molar refractivity (Wildman–Crippen MR) is 83.1 cm³/mol. The van der Waals surface area contributed by atoms with E-state index in [-0.39, 0.29) is 5.91 Å². The van der Waals surface area contributed by atoms with Crippen molar-refractivity contribution in [3.8, 4) is 0 Å². The lowest BCUT2D eigenvalue weighted by Gasteiger charge is -2.34. The van der Waals surface area contributed by atoms with Crippen LogP contribution in [0.5, 0.6) is 0 Å². The number of alkyl halides is 1. The van der Waals surface area contributed by atoms with Gasteiger partial charge in [-0.1, -0.05) is 35.4 Å². The van der Waals surface area contributed by atoms with Crippen LogP contribution < -0.4 is 5.32 Å². The Balaban J connectivity index is 1.89. The molecule has 0 unspecified atom stereocenters. The molecule has 0 heterocycles. The molecule has 0 aromatic heterocycles. The van der Waals surface area contributed by atoms with Crippen LogP contribution in [0.3, 0.4) is 0 Å². The third-order valence-corrected chi connectivity index (χ3v) is 4.21. The van der Waals surface area contributed by atoms with E-state index in [1.54, 1.807) is 0 Å². The summed E-state index contributed by atoms with van der Waals surface area (Å²) in [7, 11) is 0. The number of rotatable bonds is 10.